The molecular formula is C11H14BrN3O. The molecule has 4 nitrogen and oxygen atoms in total. The molecule has 0 radical (unpaired) electrons. The van der Waals surface area contributed by atoms with Crippen LogP contribution in [0.5, 0.6) is 0 Å². The van der Waals surface area contributed by atoms with Crippen LogP contribution in [0.4, 0.5) is 0 Å². The number of rotatable bonds is 2. The Kier molecular flexibility index (Phi) is 3.56. The topological polar surface area (TPSA) is 45.2 Å². The number of carbonyl (C=O) groups is 1. The monoisotopic (exact) mass is 283 g/mol. The summed E-state index contributed by atoms with van der Waals surface area (Å²) in [7, 11) is 1.85. The minimum Gasteiger partial charge on any atom is -0.337 e. The molecule has 16 heavy (non-hydrogen) atoms. The van der Waals surface area contributed by atoms with E-state index < -0.39 is 0 Å². The van der Waals surface area contributed by atoms with Gasteiger partial charge >= 0.3 is 0 Å². The van der Waals surface area contributed by atoms with Crippen LogP contribution in [0.15, 0.2) is 22.9 Å². The molecular weight excluding hydrogens is 270 g/mol. The van der Waals surface area contributed by atoms with E-state index in [0.717, 1.165) is 24.0 Å². The van der Waals surface area contributed by atoms with E-state index in [1.807, 2.05) is 7.05 Å². The Hall–Kier alpha value is -0.940. The summed E-state index contributed by atoms with van der Waals surface area (Å²) in [5, 5.41) is 3.25. The molecule has 0 aliphatic carbocycles. The van der Waals surface area contributed by atoms with E-state index in [0.29, 0.717) is 11.6 Å². The highest BCUT2D eigenvalue weighted by molar-refractivity contribution is 9.10. The molecule has 1 saturated heterocycles. The molecule has 2 rings (SSSR count). The second-order valence-corrected chi connectivity index (χ2v) is 4.87. The maximum atomic E-state index is 12.1. The molecule has 1 unspecified atom stereocenters. The molecule has 1 aromatic rings. The molecule has 1 aromatic heterocycles. The number of nitrogens with one attached hydrogen (secondary N) is 1. The maximum Gasteiger partial charge on any atom is 0.255 e. The van der Waals surface area contributed by atoms with E-state index in [1.54, 1.807) is 23.4 Å². The van der Waals surface area contributed by atoms with Crippen LogP contribution in [0.2, 0.25) is 0 Å². The van der Waals surface area contributed by atoms with Crippen molar-refractivity contribution in [3.8, 4) is 0 Å². The maximum absolute atomic E-state index is 12.1. The number of hydrogen-bond donors (Lipinski definition) is 1. The SMILES string of the molecule is CN(C(=O)c1cncc(Br)c1)C1CCNC1. The molecule has 0 saturated carbocycles. The van der Waals surface area contributed by atoms with Gasteiger partial charge in [0.2, 0.25) is 0 Å². The van der Waals surface area contributed by atoms with Crippen molar-refractivity contribution >= 4 is 21.8 Å². The molecule has 1 aliphatic heterocycles. The number of amides is 1. The van der Waals surface area contributed by atoms with Crippen molar-refractivity contribution in [1.29, 1.82) is 0 Å². The molecule has 1 aliphatic rings. The number of hydrogen-bond acceptors (Lipinski definition) is 3. The number of pyridine rings is 1. The van der Waals surface area contributed by atoms with Gasteiger partial charge in [0.1, 0.15) is 0 Å². The molecule has 0 aromatic carbocycles. The Bertz CT molecular complexity index is 391. The van der Waals surface area contributed by atoms with Crippen LogP contribution in [0.1, 0.15) is 16.8 Å². The van der Waals surface area contributed by atoms with Crippen LogP contribution in [-0.4, -0.2) is 42.0 Å². The van der Waals surface area contributed by atoms with Gasteiger partial charge in [0.05, 0.1) is 5.56 Å². The van der Waals surface area contributed by atoms with Crippen LogP contribution in [0, 0.1) is 0 Å². The summed E-state index contributed by atoms with van der Waals surface area (Å²) in [5.74, 6) is 0.0301. The summed E-state index contributed by atoms with van der Waals surface area (Å²) < 4.78 is 0.830. The molecule has 5 heteroatoms. The van der Waals surface area contributed by atoms with Gasteiger partial charge in [-0.1, -0.05) is 0 Å². The minimum atomic E-state index is 0.0301. The second kappa shape index (κ2) is 4.93. The van der Waals surface area contributed by atoms with Crippen LogP contribution < -0.4 is 5.32 Å². The summed E-state index contributed by atoms with van der Waals surface area (Å²) >= 11 is 3.32. The molecule has 1 amide bonds. The molecule has 0 bridgehead atoms. The Morgan fingerprint density at radius 1 is 1.62 bits per heavy atom. The van der Waals surface area contributed by atoms with E-state index in [-0.39, 0.29) is 5.91 Å². The Morgan fingerprint density at radius 2 is 2.44 bits per heavy atom. The van der Waals surface area contributed by atoms with Gasteiger partial charge in [0.15, 0.2) is 0 Å². The zero-order chi connectivity index (χ0) is 11.5. The van der Waals surface area contributed by atoms with Gasteiger partial charge in [-0.2, -0.15) is 0 Å². The lowest BCUT2D eigenvalue weighted by Gasteiger charge is -2.23. The summed E-state index contributed by atoms with van der Waals surface area (Å²) in [4.78, 5) is 17.9. The van der Waals surface area contributed by atoms with Gasteiger partial charge in [-0.05, 0) is 35.0 Å². The Balaban J connectivity index is 2.12. The molecule has 1 N–H and O–H groups in total. The first kappa shape index (κ1) is 11.5. The van der Waals surface area contributed by atoms with Crippen molar-refractivity contribution in [2.45, 2.75) is 12.5 Å². The predicted octanol–water partition coefficient (Wildman–Crippen LogP) is 1.28. The van der Waals surface area contributed by atoms with E-state index in [2.05, 4.69) is 26.2 Å². The zero-order valence-electron chi connectivity index (χ0n) is 9.11. The normalized spacial score (nSPS) is 19.8. The summed E-state index contributed by atoms with van der Waals surface area (Å²) in [6.45, 7) is 1.86. The first-order chi connectivity index (χ1) is 7.68. The van der Waals surface area contributed by atoms with E-state index in [9.17, 15) is 4.79 Å². The van der Waals surface area contributed by atoms with Gasteiger partial charge in [-0.15, -0.1) is 0 Å². The lowest BCUT2D eigenvalue weighted by Crippen LogP contribution is -2.38. The third-order valence-electron chi connectivity index (χ3n) is 2.85. The lowest BCUT2D eigenvalue weighted by atomic mass is 10.2. The first-order valence-electron chi connectivity index (χ1n) is 5.27. The standard InChI is InChI=1S/C11H14BrN3O/c1-15(10-2-3-13-7-10)11(16)8-4-9(12)6-14-5-8/h4-6,10,13H,2-3,7H2,1H3. The lowest BCUT2D eigenvalue weighted by molar-refractivity contribution is 0.0743. The summed E-state index contributed by atoms with van der Waals surface area (Å²) in [5.41, 5.74) is 0.628. The smallest absolute Gasteiger partial charge is 0.255 e. The van der Waals surface area contributed by atoms with Crippen molar-refractivity contribution in [3.05, 3.63) is 28.5 Å². The largest absolute Gasteiger partial charge is 0.337 e. The van der Waals surface area contributed by atoms with Crippen molar-refractivity contribution < 1.29 is 4.79 Å². The number of carbonyl (C=O) groups excluding carboxylic acids is 1. The fourth-order valence-corrected chi connectivity index (χ4v) is 2.23. The van der Waals surface area contributed by atoms with E-state index in [1.165, 1.54) is 0 Å². The van der Waals surface area contributed by atoms with Gasteiger partial charge in [0.25, 0.3) is 5.91 Å². The summed E-state index contributed by atoms with van der Waals surface area (Å²) in [6.07, 6.45) is 4.30. The highest BCUT2D eigenvalue weighted by Gasteiger charge is 2.24. The fourth-order valence-electron chi connectivity index (χ4n) is 1.87. The molecule has 1 fully saturated rings. The fraction of sp³-hybridized carbons (Fsp3) is 0.455. The van der Waals surface area contributed by atoms with Crippen LogP contribution in [-0.2, 0) is 0 Å². The third kappa shape index (κ3) is 2.41. The number of likely N-dealkylation sites (N-methyl/N-ethyl adjacent to an activating group) is 1. The van der Waals surface area contributed by atoms with E-state index >= 15 is 0 Å². The average Bonchev–Trinajstić information content (AvgIpc) is 2.80. The van der Waals surface area contributed by atoms with Gasteiger partial charge in [-0.25, -0.2) is 0 Å². The highest BCUT2D eigenvalue weighted by Crippen LogP contribution is 2.14. The molecule has 0 spiro atoms. The van der Waals surface area contributed by atoms with Crippen LogP contribution in [0.25, 0.3) is 0 Å². The Labute approximate surface area is 103 Å². The van der Waals surface area contributed by atoms with Crippen LogP contribution in [0.3, 0.4) is 0 Å². The zero-order valence-corrected chi connectivity index (χ0v) is 10.7. The molecule has 2 heterocycles. The van der Waals surface area contributed by atoms with Gasteiger partial charge < -0.3 is 10.2 Å². The van der Waals surface area contributed by atoms with Crippen molar-refractivity contribution in [3.63, 3.8) is 0 Å². The van der Waals surface area contributed by atoms with Crippen molar-refractivity contribution in [2.24, 2.45) is 0 Å². The van der Waals surface area contributed by atoms with Gasteiger partial charge in [0, 0.05) is 36.5 Å². The number of nitrogens with zero attached hydrogens (tertiary/aromatic N) is 2. The molecule has 1 atom stereocenters. The predicted molar refractivity (Wildman–Crippen MR) is 65.3 cm³/mol. The Morgan fingerprint density at radius 3 is 3.06 bits per heavy atom. The minimum absolute atomic E-state index is 0.0301. The quantitative estimate of drug-likeness (QED) is 0.889. The number of aromatic nitrogens is 1. The number of halogens is 1. The summed E-state index contributed by atoms with van der Waals surface area (Å²) in [6, 6.07) is 2.10. The third-order valence-corrected chi connectivity index (χ3v) is 3.29. The second-order valence-electron chi connectivity index (χ2n) is 3.95. The van der Waals surface area contributed by atoms with Crippen molar-refractivity contribution in [1.82, 2.24) is 15.2 Å². The highest BCUT2D eigenvalue weighted by atomic mass is 79.9. The molecule has 86 valence electrons. The van der Waals surface area contributed by atoms with Crippen LogP contribution >= 0.6 is 15.9 Å². The van der Waals surface area contributed by atoms with E-state index in [4.69, 9.17) is 0 Å². The average molecular weight is 284 g/mol. The van der Waals surface area contributed by atoms with Crippen molar-refractivity contribution in [2.75, 3.05) is 20.1 Å². The first-order valence-corrected chi connectivity index (χ1v) is 6.06. The van der Waals surface area contributed by atoms with Gasteiger partial charge in [-0.3, -0.25) is 9.78 Å².